The molecule has 41 heavy (non-hydrogen) atoms. The Labute approximate surface area is 250 Å². The van der Waals surface area contributed by atoms with Crippen LogP contribution in [0.3, 0.4) is 0 Å². The van der Waals surface area contributed by atoms with Gasteiger partial charge in [0, 0.05) is 36.0 Å². The van der Waals surface area contributed by atoms with Gasteiger partial charge in [0.1, 0.15) is 11.9 Å². The lowest BCUT2D eigenvalue weighted by atomic mass is 9.97. The number of amides is 2. The molecule has 1 aromatic carbocycles. The standard InChI is InChI=1S/C33H49N5O2S/c1-6-15-37-16-9-11-24(22-37)21-34-33(40)29(18-23(4)5)36-32(39)25-13-14-30-28(19-25)35-31(20-27-12-10-17-41-27)38(30)26(7-2)8-3/h10,12-14,17,19,23-24,26,29H,6-9,11,15-16,18,20-22H2,1-5H3,(H,34,40)(H,36,39)/t24?,29-/m0/s1. The van der Waals surface area contributed by atoms with Crippen LogP contribution in [-0.4, -0.2) is 58.5 Å². The van der Waals surface area contributed by atoms with Gasteiger partial charge in [0.15, 0.2) is 0 Å². The van der Waals surface area contributed by atoms with E-state index in [1.807, 2.05) is 18.2 Å². The Bertz CT molecular complexity index is 1260. The van der Waals surface area contributed by atoms with Crippen LogP contribution in [0, 0.1) is 11.8 Å². The number of carbonyl (C=O) groups excluding carboxylic acids is 2. The number of carbonyl (C=O) groups is 2. The van der Waals surface area contributed by atoms with Crippen LogP contribution in [0.25, 0.3) is 11.0 Å². The summed E-state index contributed by atoms with van der Waals surface area (Å²) in [5.74, 6) is 1.46. The van der Waals surface area contributed by atoms with E-state index in [9.17, 15) is 9.59 Å². The molecule has 0 spiro atoms. The number of hydrogen-bond donors (Lipinski definition) is 2. The molecule has 224 valence electrons. The molecule has 7 nitrogen and oxygen atoms in total. The van der Waals surface area contributed by atoms with Crippen molar-refractivity contribution in [3.8, 4) is 0 Å². The molecule has 3 aromatic rings. The second kappa shape index (κ2) is 15.0. The number of imidazole rings is 1. The highest BCUT2D eigenvalue weighted by molar-refractivity contribution is 7.09. The van der Waals surface area contributed by atoms with E-state index in [-0.39, 0.29) is 17.7 Å². The Morgan fingerprint density at radius 3 is 2.63 bits per heavy atom. The van der Waals surface area contributed by atoms with Crippen molar-refractivity contribution in [1.29, 1.82) is 0 Å². The highest BCUT2D eigenvalue weighted by Gasteiger charge is 2.26. The van der Waals surface area contributed by atoms with E-state index in [0.29, 0.717) is 30.5 Å². The van der Waals surface area contributed by atoms with Crippen molar-refractivity contribution in [3.05, 3.63) is 52.0 Å². The molecule has 2 amide bonds. The van der Waals surface area contributed by atoms with Gasteiger partial charge >= 0.3 is 0 Å². The quantitative estimate of drug-likeness (QED) is 0.231. The molecule has 0 radical (unpaired) electrons. The number of aromatic nitrogens is 2. The second-order valence-corrected chi connectivity index (χ2v) is 13.1. The van der Waals surface area contributed by atoms with Crippen LogP contribution in [-0.2, 0) is 11.2 Å². The fourth-order valence-electron chi connectivity index (χ4n) is 6.19. The minimum atomic E-state index is -0.565. The van der Waals surface area contributed by atoms with Crippen molar-refractivity contribution in [1.82, 2.24) is 25.1 Å². The van der Waals surface area contributed by atoms with Crippen molar-refractivity contribution < 1.29 is 9.59 Å². The molecule has 3 heterocycles. The molecule has 1 unspecified atom stereocenters. The van der Waals surface area contributed by atoms with Crippen LogP contribution in [0.1, 0.15) is 100 Å². The van der Waals surface area contributed by atoms with Crippen molar-refractivity contribution in [2.24, 2.45) is 11.8 Å². The van der Waals surface area contributed by atoms with Crippen LogP contribution >= 0.6 is 11.3 Å². The van der Waals surface area contributed by atoms with Gasteiger partial charge in [-0.25, -0.2) is 4.98 Å². The van der Waals surface area contributed by atoms with Gasteiger partial charge < -0.3 is 20.1 Å². The van der Waals surface area contributed by atoms with E-state index in [4.69, 9.17) is 4.98 Å². The zero-order valence-electron chi connectivity index (χ0n) is 25.6. The first-order valence-corrected chi connectivity index (χ1v) is 16.5. The molecule has 2 N–H and O–H groups in total. The summed E-state index contributed by atoms with van der Waals surface area (Å²) in [5.41, 5.74) is 2.43. The van der Waals surface area contributed by atoms with E-state index in [1.54, 1.807) is 11.3 Å². The largest absolute Gasteiger partial charge is 0.354 e. The van der Waals surface area contributed by atoms with E-state index in [0.717, 1.165) is 68.6 Å². The molecule has 8 heteroatoms. The van der Waals surface area contributed by atoms with Gasteiger partial charge in [-0.3, -0.25) is 9.59 Å². The number of benzene rings is 1. The van der Waals surface area contributed by atoms with Gasteiger partial charge in [-0.05, 0) is 93.1 Å². The Morgan fingerprint density at radius 2 is 1.95 bits per heavy atom. The average Bonchev–Trinajstić information content (AvgIpc) is 3.60. The molecule has 4 rings (SSSR count). The number of thiophene rings is 1. The SMILES string of the molecule is CCCN1CCCC(CNC(=O)[C@H](CC(C)C)NC(=O)c2ccc3c(c2)nc(Cc2cccs2)n3C(CC)CC)C1. The molecule has 2 atom stereocenters. The van der Waals surface area contributed by atoms with Gasteiger partial charge in [-0.1, -0.05) is 40.7 Å². The molecule has 2 aromatic heterocycles. The molecule has 1 saturated heterocycles. The van der Waals surface area contributed by atoms with Crippen molar-refractivity contribution in [3.63, 3.8) is 0 Å². The third-order valence-corrected chi connectivity index (χ3v) is 9.16. The normalized spacial score (nSPS) is 16.9. The first kappa shape index (κ1) is 31.2. The Hall–Kier alpha value is -2.71. The lowest BCUT2D eigenvalue weighted by Gasteiger charge is -2.33. The number of likely N-dealkylation sites (tertiary alicyclic amines) is 1. The van der Waals surface area contributed by atoms with Gasteiger partial charge in [-0.15, -0.1) is 11.3 Å². The minimum Gasteiger partial charge on any atom is -0.354 e. The molecular formula is C33H49N5O2S. The van der Waals surface area contributed by atoms with E-state index < -0.39 is 6.04 Å². The Morgan fingerprint density at radius 1 is 1.15 bits per heavy atom. The summed E-state index contributed by atoms with van der Waals surface area (Å²) < 4.78 is 2.36. The average molecular weight is 580 g/mol. The summed E-state index contributed by atoms with van der Waals surface area (Å²) in [5, 5.41) is 8.32. The number of piperidine rings is 1. The lowest BCUT2D eigenvalue weighted by Crippen LogP contribution is -2.49. The zero-order valence-corrected chi connectivity index (χ0v) is 26.4. The van der Waals surface area contributed by atoms with Crippen LogP contribution < -0.4 is 10.6 Å². The second-order valence-electron chi connectivity index (χ2n) is 12.0. The molecule has 1 fully saturated rings. The van der Waals surface area contributed by atoms with Crippen molar-refractivity contribution in [2.45, 2.75) is 91.6 Å². The summed E-state index contributed by atoms with van der Waals surface area (Å²) in [6, 6.07) is 9.80. The van der Waals surface area contributed by atoms with Gasteiger partial charge in [-0.2, -0.15) is 0 Å². The number of rotatable bonds is 14. The fourth-order valence-corrected chi connectivity index (χ4v) is 6.90. The molecular weight excluding hydrogens is 530 g/mol. The van der Waals surface area contributed by atoms with Gasteiger partial charge in [0.25, 0.3) is 5.91 Å². The lowest BCUT2D eigenvalue weighted by molar-refractivity contribution is -0.123. The van der Waals surface area contributed by atoms with Crippen LogP contribution in [0.2, 0.25) is 0 Å². The highest BCUT2D eigenvalue weighted by Crippen LogP contribution is 2.28. The van der Waals surface area contributed by atoms with E-state index in [2.05, 4.69) is 72.2 Å². The number of nitrogens with one attached hydrogen (secondary N) is 2. The fraction of sp³-hybridized carbons (Fsp3) is 0.606. The van der Waals surface area contributed by atoms with Crippen LogP contribution in [0.4, 0.5) is 0 Å². The zero-order chi connectivity index (χ0) is 29.4. The summed E-state index contributed by atoms with van der Waals surface area (Å²) in [4.78, 5) is 35.6. The van der Waals surface area contributed by atoms with E-state index in [1.165, 1.54) is 11.3 Å². The molecule has 1 aliphatic rings. The summed E-state index contributed by atoms with van der Waals surface area (Å²) in [6.45, 7) is 14.8. The van der Waals surface area contributed by atoms with Gasteiger partial charge in [0.05, 0.1) is 11.0 Å². The topological polar surface area (TPSA) is 79.3 Å². The number of hydrogen-bond acceptors (Lipinski definition) is 5. The third kappa shape index (κ3) is 8.19. The number of fused-ring (bicyclic) bond motifs is 1. The summed E-state index contributed by atoms with van der Waals surface area (Å²) in [6.07, 6.45) is 6.88. The maximum absolute atomic E-state index is 13.5. The molecule has 0 aliphatic carbocycles. The predicted octanol–water partition coefficient (Wildman–Crippen LogP) is 6.43. The van der Waals surface area contributed by atoms with Gasteiger partial charge in [0.2, 0.25) is 5.91 Å². The summed E-state index contributed by atoms with van der Waals surface area (Å²) in [7, 11) is 0. The highest BCUT2D eigenvalue weighted by atomic mass is 32.1. The molecule has 1 aliphatic heterocycles. The van der Waals surface area contributed by atoms with E-state index >= 15 is 0 Å². The molecule has 0 bridgehead atoms. The Balaban J connectivity index is 1.48. The minimum absolute atomic E-state index is 0.0861. The predicted molar refractivity (Wildman–Crippen MR) is 170 cm³/mol. The van der Waals surface area contributed by atoms with Crippen molar-refractivity contribution >= 4 is 34.2 Å². The summed E-state index contributed by atoms with van der Waals surface area (Å²) >= 11 is 1.74. The van der Waals surface area contributed by atoms with Crippen LogP contribution in [0.5, 0.6) is 0 Å². The van der Waals surface area contributed by atoms with Crippen molar-refractivity contribution in [2.75, 3.05) is 26.2 Å². The maximum Gasteiger partial charge on any atom is 0.252 e. The first-order chi connectivity index (χ1) is 19.8. The van der Waals surface area contributed by atoms with Crippen LogP contribution in [0.15, 0.2) is 35.7 Å². The third-order valence-electron chi connectivity index (χ3n) is 8.28. The maximum atomic E-state index is 13.5. The Kier molecular flexibility index (Phi) is 11.4. The monoisotopic (exact) mass is 579 g/mol. The number of nitrogens with zero attached hydrogens (tertiary/aromatic N) is 3. The first-order valence-electron chi connectivity index (χ1n) is 15.7. The molecule has 0 saturated carbocycles. The smallest absolute Gasteiger partial charge is 0.252 e.